The van der Waals surface area contributed by atoms with Gasteiger partial charge in [0.15, 0.2) is 11.5 Å². The first-order chi connectivity index (χ1) is 13.6. The number of nitrogens with one attached hydrogen (secondary N) is 1. The maximum atomic E-state index is 11.8. The van der Waals surface area contributed by atoms with Gasteiger partial charge in [0.1, 0.15) is 12.1 Å². The summed E-state index contributed by atoms with van der Waals surface area (Å²) in [6.45, 7) is 2.66. The lowest BCUT2D eigenvalue weighted by molar-refractivity contribution is -0.915. The Morgan fingerprint density at radius 2 is 2.07 bits per heavy atom. The number of rotatable bonds is 5. The molecule has 4 rings (SSSR count). The van der Waals surface area contributed by atoms with E-state index in [1.165, 1.54) is 17.4 Å². The normalized spacial score (nSPS) is 21.0. The predicted octanol–water partition coefficient (Wildman–Crippen LogP) is 2.23. The summed E-state index contributed by atoms with van der Waals surface area (Å²) in [7, 11) is 3.84. The van der Waals surface area contributed by atoms with Crippen molar-refractivity contribution in [3.8, 4) is 17.2 Å². The van der Waals surface area contributed by atoms with Crippen molar-refractivity contribution in [3.63, 3.8) is 0 Å². The number of methoxy groups -OCH3 is 1. The summed E-state index contributed by atoms with van der Waals surface area (Å²) in [6.07, 6.45) is 1.28. The summed E-state index contributed by atoms with van der Waals surface area (Å²) in [6, 6.07) is 12.1. The van der Waals surface area contributed by atoms with Crippen LogP contribution in [0.1, 0.15) is 42.2 Å². The summed E-state index contributed by atoms with van der Waals surface area (Å²) in [5, 5.41) is 0. The first kappa shape index (κ1) is 18.6. The molecule has 0 amide bonds. The summed E-state index contributed by atoms with van der Waals surface area (Å²) in [5.74, 6) is 1.88. The van der Waals surface area contributed by atoms with Crippen LogP contribution >= 0.6 is 0 Å². The zero-order valence-electron chi connectivity index (χ0n) is 16.5. The third-order valence-electron chi connectivity index (χ3n) is 5.61. The summed E-state index contributed by atoms with van der Waals surface area (Å²) in [4.78, 5) is 13.1. The number of esters is 1. The molecule has 0 radical (unpaired) electrons. The van der Waals surface area contributed by atoms with E-state index in [9.17, 15) is 4.79 Å². The number of hydrogen-bond acceptors (Lipinski definition) is 5. The van der Waals surface area contributed by atoms with Crippen LogP contribution in [0.2, 0.25) is 0 Å². The van der Waals surface area contributed by atoms with Crippen LogP contribution in [0.4, 0.5) is 0 Å². The van der Waals surface area contributed by atoms with Crippen molar-refractivity contribution in [2.24, 2.45) is 0 Å². The molecule has 2 aliphatic heterocycles. The highest BCUT2D eigenvalue weighted by molar-refractivity contribution is 5.66. The molecule has 2 heterocycles. The van der Waals surface area contributed by atoms with E-state index >= 15 is 0 Å². The average Bonchev–Trinajstić information content (AvgIpc) is 3.16. The standard InChI is InChI=1S/C22H25NO5/c1-14(24)28-18(15-7-5-4-6-8-15)12-17-20-16(9-10-23(17)2)11-19-21(22(20)25-3)27-13-26-19/h4-8,11,17-18H,9-10,12-13H2,1-3H3/p+1/t17-,18-/m1/s1. The maximum Gasteiger partial charge on any atom is 0.303 e. The molecule has 0 aromatic heterocycles. The van der Waals surface area contributed by atoms with E-state index in [4.69, 9.17) is 18.9 Å². The second-order valence-corrected chi connectivity index (χ2v) is 7.36. The van der Waals surface area contributed by atoms with E-state index in [0.717, 1.165) is 35.6 Å². The molecule has 0 bridgehead atoms. The second-order valence-electron chi connectivity index (χ2n) is 7.36. The fourth-order valence-electron chi connectivity index (χ4n) is 4.27. The van der Waals surface area contributed by atoms with Crippen LogP contribution in [0.3, 0.4) is 0 Å². The van der Waals surface area contributed by atoms with Crippen molar-refractivity contribution in [2.75, 3.05) is 27.5 Å². The minimum atomic E-state index is -0.320. The van der Waals surface area contributed by atoms with E-state index < -0.39 is 0 Å². The largest absolute Gasteiger partial charge is 0.492 e. The monoisotopic (exact) mass is 384 g/mol. The van der Waals surface area contributed by atoms with Crippen LogP contribution < -0.4 is 19.1 Å². The van der Waals surface area contributed by atoms with Crippen LogP contribution in [0.5, 0.6) is 17.2 Å². The van der Waals surface area contributed by atoms with E-state index in [1.807, 2.05) is 30.3 Å². The molecule has 1 unspecified atom stereocenters. The van der Waals surface area contributed by atoms with Crippen LogP contribution in [-0.4, -0.2) is 33.5 Å². The molecule has 0 saturated heterocycles. The van der Waals surface area contributed by atoms with Gasteiger partial charge in [0.25, 0.3) is 0 Å². The first-order valence-corrected chi connectivity index (χ1v) is 9.62. The van der Waals surface area contributed by atoms with Gasteiger partial charge in [-0.05, 0) is 17.2 Å². The highest BCUT2D eigenvalue weighted by atomic mass is 16.7. The molecule has 3 atom stereocenters. The van der Waals surface area contributed by atoms with Gasteiger partial charge in [0, 0.05) is 19.8 Å². The Labute approximate surface area is 165 Å². The number of ether oxygens (including phenoxy) is 4. The highest BCUT2D eigenvalue weighted by Gasteiger charge is 2.38. The maximum absolute atomic E-state index is 11.8. The van der Waals surface area contributed by atoms with Crippen molar-refractivity contribution in [1.29, 1.82) is 0 Å². The van der Waals surface area contributed by atoms with E-state index in [-0.39, 0.29) is 24.9 Å². The fraction of sp³-hybridized carbons (Fsp3) is 0.409. The Hall–Kier alpha value is -2.73. The van der Waals surface area contributed by atoms with Gasteiger partial charge in [-0.2, -0.15) is 0 Å². The number of likely N-dealkylation sites (N-methyl/N-ethyl adjacent to an activating group) is 1. The van der Waals surface area contributed by atoms with Gasteiger partial charge in [-0.1, -0.05) is 30.3 Å². The van der Waals surface area contributed by atoms with Crippen LogP contribution in [-0.2, 0) is 16.0 Å². The zero-order chi connectivity index (χ0) is 19.7. The Morgan fingerprint density at radius 3 is 2.79 bits per heavy atom. The van der Waals surface area contributed by atoms with Crippen LogP contribution in [0.15, 0.2) is 36.4 Å². The highest BCUT2D eigenvalue weighted by Crippen LogP contribution is 2.48. The van der Waals surface area contributed by atoms with Crippen LogP contribution in [0, 0.1) is 0 Å². The quantitative estimate of drug-likeness (QED) is 0.802. The number of fused-ring (bicyclic) bond motifs is 2. The molecule has 28 heavy (non-hydrogen) atoms. The molecule has 2 aromatic rings. The SMILES string of the molecule is COc1c2c(cc3c1[C@@H](C[C@@H](OC(C)=O)c1ccccc1)[NH+](C)CC3)OCO2. The third-order valence-corrected chi connectivity index (χ3v) is 5.61. The van der Waals surface area contributed by atoms with Crippen molar-refractivity contribution in [3.05, 3.63) is 53.1 Å². The molecule has 6 nitrogen and oxygen atoms in total. The van der Waals surface area contributed by atoms with Crippen LogP contribution in [0.25, 0.3) is 0 Å². The van der Waals surface area contributed by atoms with Crippen molar-refractivity contribution < 1.29 is 28.6 Å². The first-order valence-electron chi connectivity index (χ1n) is 9.62. The lowest BCUT2D eigenvalue weighted by Gasteiger charge is -2.34. The molecule has 2 aromatic carbocycles. The number of benzene rings is 2. The van der Waals surface area contributed by atoms with E-state index in [1.54, 1.807) is 7.11 Å². The Morgan fingerprint density at radius 1 is 1.29 bits per heavy atom. The minimum Gasteiger partial charge on any atom is -0.492 e. The lowest BCUT2D eigenvalue weighted by atomic mass is 9.87. The molecule has 0 aliphatic carbocycles. The molecule has 2 aliphatic rings. The van der Waals surface area contributed by atoms with Gasteiger partial charge in [-0.25, -0.2) is 0 Å². The topological polar surface area (TPSA) is 58.4 Å². The molecule has 1 N–H and O–H groups in total. The van der Waals surface area contributed by atoms with Crippen molar-refractivity contribution in [2.45, 2.75) is 31.9 Å². The summed E-state index contributed by atoms with van der Waals surface area (Å²) < 4.78 is 22.8. The van der Waals surface area contributed by atoms with E-state index in [2.05, 4.69) is 13.1 Å². The smallest absolute Gasteiger partial charge is 0.303 e. The van der Waals surface area contributed by atoms with Gasteiger partial charge in [0.05, 0.1) is 26.3 Å². The Kier molecular flexibility index (Phi) is 5.13. The van der Waals surface area contributed by atoms with Gasteiger partial charge in [-0.15, -0.1) is 0 Å². The summed E-state index contributed by atoms with van der Waals surface area (Å²) >= 11 is 0. The molecule has 0 saturated carbocycles. The summed E-state index contributed by atoms with van der Waals surface area (Å²) in [5.41, 5.74) is 3.34. The Bertz CT molecular complexity index is 867. The number of hydrogen-bond donors (Lipinski definition) is 1. The lowest BCUT2D eigenvalue weighted by Crippen LogP contribution is -3.10. The molecular formula is C22H26NO5+. The average molecular weight is 384 g/mol. The fourth-order valence-corrected chi connectivity index (χ4v) is 4.27. The molecule has 148 valence electrons. The second kappa shape index (κ2) is 7.72. The van der Waals surface area contributed by atoms with Crippen molar-refractivity contribution >= 4 is 5.97 Å². The van der Waals surface area contributed by atoms with Gasteiger partial charge in [0.2, 0.25) is 12.5 Å². The van der Waals surface area contributed by atoms with E-state index in [0.29, 0.717) is 12.2 Å². The van der Waals surface area contributed by atoms with Gasteiger partial charge in [-0.3, -0.25) is 4.79 Å². The number of quaternary nitrogens is 1. The minimum absolute atomic E-state index is 0.109. The number of carbonyl (C=O) groups is 1. The molecule has 6 heteroatoms. The zero-order valence-corrected chi connectivity index (χ0v) is 16.5. The Balaban J connectivity index is 1.74. The number of carbonyl (C=O) groups excluding carboxylic acids is 1. The molecular weight excluding hydrogens is 358 g/mol. The van der Waals surface area contributed by atoms with Crippen molar-refractivity contribution in [1.82, 2.24) is 0 Å². The molecule has 0 fully saturated rings. The molecule has 0 spiro atoms. The van der Waals surface area contributed by atoms with Gasteiger partial charge >= 0.3 is 5.97 Å². The predicted molar refractivity (Wildman–Crippen MR) is 103 cm³/mol. The van der Waals surface area contributed by atoms with Gasteiger partial charge < -0.3 is 23.8 Å². The third kappa shape index (κ3) is 3.40.